The number of carbonyl (C=O) groups is 1. The number of H-pyrrole nitrogens is 1. The number of methoxy groups -OCH3 is 1. The van der Waals surface area contributed by atoms with Crippen LogP contribution in [0.4, 0.5) is 10.2 Å². The smallest absolute Gasteiger partial charge is 0.439 e. The van der Waals surface area contributed by atoms with Crippen LogP contribution in [0.25, 0.3) is 31.9 Å². The first-order valence-electron chi connectivity index (χ1n) is 17.5. The number of thiophene rings is 1. The van der Waals surface area contributed by atoms with Crippen molar-refractivity contribution in [2.75, 3.05) is 19.0 Å². The molecule has 12 heteroatoms. The molecule has 3 atom stereocenters. The van der Waals surface area contributed by atoms with Crippen LogP contribution < -0.4 is 15.8 Å². The van der Waals surface area contributed by atoms with Crippen molar-refractivity contribution in [2.45, 2.75) is 62.9 Å². The number of hydrogen-bond donors (Lipinski definition) is 2. The predicted molar refractivity (Wildman–Crippen MR) is 191 cm³/mol. The van der Waals surface area contributed by atoms with Crippen LogP contribution in [-0.4, -0.2) is 44.6 Å². The van der Waals surface area contributed by atoms with Crippen molar-refractivity contribution in [3.05, 3.63) is 110 Å². The molecule has 2 aromatic carbocycles. The highest BCUT2D eigenvalue weighted by Gasteiger charge is 2.45. The number of carbonyl (C=O) groups excluding carboxylic acids is 1. The Kier molecular flexibility index (Phi) is 6.92. The lowest BCUT2D eigenvalue weighted by Gasteiger charge is -2.19. The predicted octanol–water partition coefficient (Wildman–Crippen LogP) is 7.51. The summed E-state index contributed by atoms with van der Waals surface area (Å²) in [6.45, 7) is 0.671. The van der Waals surface area contributed by atoms with Gasteiger partial charge in [-0.05, 0) is 109 Å². The summed E-state index contributed by atoms with van der Waals surface area (Å²) in [5, 5.41) is 8.89. The van der Waals surface area contributed by atoms with Crippen LogP contribution in [0, 0.1) is 5.82 Å². The van der Waals surface area contributed by atoms with Gasteiger partial charge >= 0.3 is 5.76 Å². The van der Waals surface area contributed by atoms with Gasteiger partial charge in [-0.1, -0.05) is 23.4 Å². The summed E-state index contributed by atoms with van der Waals surface area (Å²) >= 11 is 1.56. The third kappa shape index (κ3) is 4.76. The van der Waals surface area contributed by atoms with Crippen LogP contribution in [0.2, 0.25) is 0 Å². The van der Waals surface area contributed by atoms with E-state index in [1.165, 1.54) is 17.2 Å². The van der Waals surface area contributed by atoms with Crippen LogP contribution in [0.5, 0.6) is 5.75 Å². The van der Waals surface area contributed by atoms with Crippen LogP contribution in [-0.2, 0) is 19.3 Å². The summed E-state index contributed by atoms with van der Waals surface area (Å²) in [4.78, 5) is 42.4. The monoisotopic (exact) mass is 700 g/mol. The van der Waals surface area contributed by atoms with Gasteiger partial charge in [0.15, 0.2) is 5.82 Å². The molecule has 6 aromatic rings. The lowest BCUT2D eigenvalue weighted by molar-refractivity contribution is 0.0776. The maximum Gasteiger partial charge on any atom is 0.439 e. The molecule has 0 spiro atoms. The van der Waals surface area contributed by atoms with Crippen molar-refractivity contribution in [3.63, 3.8) is 0 Å². The summed E-state index contributed by atoms with van der Waals surface area (Å²) in [6.07, 6.45) is 7.55. The first kappa shape index (κ1) is 30.5. The molecule has 0 unspecified atom stereocenters. The topological polar surface area (TPSA) is 126 Å². The van der Waals surface area contributed by atoms with E-state index in [4.69, 9.17) is 19.2 Å². The van der Waals surface area contributed by atoms with Crippen LogP contribution in [0.15, 0.2) is 64.0 Å². The third-order valence-electron chi connectivity index (χ3n) is 11.2. The van der Waals surface area contributed by atoms with Crippen molar-refractivity contribution in [1.82, 2.24) is 25.0 Å². The van der Waals surface area contributed by atoms with Gasteiger partial charge in [0, 0.05) is 23.2 Å². The van der Waals surface area contributed by atoms with Gasteiger partial charge in [0.25, 0.3) is 5.91 Å². The molecule has 2 N–H and O–H groups in total. The molecule has 4 aromatic heterocycles. The van der Waals surface area contributed by atoms with Gasteiger partial charge in [0.2, 0.25) is 0 Å². The van der Waals surface area contributed by atoms with Crippen molar-refractivity contribution >= 4 is 33.1 Å². The Balaban J connectivity index is 1.15. The molecule has 256 valence electrons. The minimum absolute atomic E-state index is 0.0548. The fourth-order valence-electron chi connectivity index (χ4n) is 8.97. The number of nitrogens with one attached hydrogen (secondary N) is 2. The Hall–Kier alpha value is -5.36. The molecule has 2 aliphatic carbocycles. The van der Waals surface area contributed by atoms with Crippen molar-refractivity contribution < 1.29 is 18.4 Å². The number of pyridine rings is 2. The molecule has 4 aliphatic rings. The minimum Gasteiger partial charge on any atom is -0.496 e. The number of fused-ring (bicyclic) bond motifs is 6. The zero-order valence-corrected chi connectivity index (χ0v) is 28.6. The lowest BCUT2D eigenvalue weighted by Crippen LogP contribution is -2.22. The van der Waals surface area contributed by atoms with Gasteiger partial charge in [-0.3, -0.25) is 19.3 Å². The van der Waals surface area contributed by atoms with E-state index in [2.05, 4.69) is 27.6 Å². The highest BCUT2D eigenvalue weighted by atomic mass is 32.1. The maximum atomic E-state index is 14.3. The van der Waals surface area contributed by atoms with Gasteiger partial charge in [0.1, 0.15) is 17.4 Å². The van der Waals surface area contributed by atoms with E-state index >= 15 is 0 Å². The number of halogens is 1. The standard InChI is InChI=1S/C39H33FN6O4S/c1-49-29-6-2-4-24-25(29)11-12-26(24)43-37-35-21(13-14-41-37)18-30(51-35)32-31(36-44-39(48)50-45-36)27(17-20-8-7-19-16-22(40)9-10-23(19)20)42-34-28-5-3-15-46(28)38(47)33(32)34/h2,4,6,9-10,13-14,16,18,20,26,28H,3,5,7-8,11-12,15,17H2,1H3,(H,41,43)(H,44,45,48)/t20-,26+,28-/m1/s1. The van der Waals surface area contributed by atoms with Crippen LogP contribution in [0.1, 0.15) is 87.7 Å². The average Bonchev–Trinajstić information content (AvgIpc) is 3.99. The van der Waals surface area contributed by atoms with E-state index < -0.39 is 5.76 Å². The van der Waals surface area contributed by atoms with E-state index in [9.17, 15) is 14.0 Å². The SMILES string of the molecule is COc1cccc2c1CC[C@@H]2Nc1nccc2cc(-c3c4c(nc(C[C@H]5CCc6cc(F)ccc65)c3-c3noc(=O)[nH]3)[C@H]3CCCN3C4=O)sc12. The maximum absolute atomic E-state index is 14.3. The summed E-state index contributed by atoms with van der Waals surface area (Å²) in [6, 6.07) is 15.2. The van der Waals surface area contributed by atoms with E-state index in [0.29, 0.717) is 29.7 Å². The number of benzene rings is 2. The van der Waals surface area contributed by atoms with Gasteiger partial charge in [0.05, 0.1) is 46.4 Å². The third-order valence-corrected chi connectivity index (χ3v) is 12.4. The fraction of sp³-hybridized carbons (Fsp3) is 0.308. The number of ether oxygens (including phenoxy) is 1. The second-order valence-electron chi connectivity index (χ2n) is 13.9. The molecule has 10 nitrogen and oxygen atoms in total. The number of aromatic nitrogens is 4. The highest BCUT2D eigenvalue weighted by Crippen LogP contribution is 2.51. The van der Waals surface area contributed by atoms with Crippen molar-refractivity contribution in [1.29, 1.82) is 0 Å². The zero-order valence-electron chi connectivity index (χ0n) is 27.8. The largest absolute Gasteiger partial charge is 0.496 e. The molecular formula is C39H33FN6O4S. The first-order chi connectivity index (χ1) is 24.9. The number of anilines is 1. The van der Waals surface area contributed by atoms with Crippen molar-refractivity contribution in [3.8, 4) is 27.6 Å². The Morgan fingerprint density at radius 2 is 1.98 bits per heavy atom. The van der Waals surface area contributed by atoms with Crippen molar-refractivity contribution in [2.24, 2.45) is 0 Å². The quantitative estimate of drug-likeness (QED) is 0.175. The van der Waals surface area contributed by atoms with Crippen LogP contribution >= 0.6 is 11.3 Å². The number of aryl methyl sites for hydroxylation is 1. The molecule has 2 aliphatic heterocycles. The van der Waals surface area contributed by atoms with Gasteiger partial charge < -0.3 is 15.0 Å². The minimum atomic E-state index is -0.684. The lowest BCUT2D eigenvalue weighted by atomic mass is 9.89. The molecule has 0 saturated carbocycles. The average molecular weight is 701 g/mol. The van der Waals surface area contributed by atoms with E-state index in [-0.39, 0.29) is 35.6 Å². The van der Waals surface area contributed by atoms with Gasteiger partial charge in [-0.25, -0.2) is 14.2 Å². The molecule has 0 radical (unpaired) electrons. The first-order valence-corrected chi connectivity index (χ1v) is 18.3. The molecule has 6 heterocycles. The Morgan fingerprint density at radius 3 is 2.84 bits per heavy atom. The fourth-order valence-corrected chi connectivity index (χ4v) is 10.1. The van der Waals surface area contributed by atoms with Crippen LogP contribution in [0.3, 0.4) is 0 Å². The molecule has 0 bridgehead atoms. The number of rotatable bonds is 7. The molecule has 1 saturated heterocycles. The summed E-state index contributed by atoms with van der Waals surface area (Å²) in [5.74, 6) is 1.02. The number of amides is 1. The van der Waals surface area contributed by atoms with E-state index in [1.54, 1.807) is 24.5 Å². The van der Waals surface area contributed by atoms with Gasteiger partial charge in [-0.15, -0.1) is 11.3 Å². The molecule has 1 fully saturated rings. The summed E-state index contributed by atoms with van der Waals surface area (Å²) in [7, 11) is 1.71. The second kappa shape index (κ2) is 11.6. The Bertz CT molecular complexity index is 2470. The normalized spacial score (nSPS) is 20.2. The zero-order chi connectivity index (χ0) is 34.4. The summed E-state index contributed by atoms with van der Waals surface area (Å²) in [5.41, 5.74) is 7.92. The number of nitrogens with zero attached hydrogens (tertiary/aromatic N) is 4. The Morgan fingerprint density at radius 1 is 1.06 bits per heavy atom. The molecular weight excluding hydrogens is 668 g/mol. The number of aromatic amines is 1. The Labute approximate surface area is 295 Å². The van der Waals surface area contributed by atoms with E-state index in [0.717, 1.165) is 87.6 Å². The van der Waals surface area contributed by atoms with E-state index in [1.807, 2.05) is 35.4 Å². The number of hydrogen-bond acceptors (Lipinski definition) is 9. The second-order valence-corrected chi connectivity index (χ2v) is 15.0. The molecule has 10 rings (SSSR count). The highest BCUT2D eigenvalue weighted by molar-refractivity contribution is 7.23. The van der Waals surface area contributed by atoms with Gasteiger partial charge in [-0.2, -0.15) is 0 Å². The molecule has 51 heavy (non-hydrogen) atoms. The molecule has 1 amide bonds. The summed E-state index contributed by atoms with van der Waals surface area (Å²) < 4.78 is 25.9.